The van der Waals surface area contributed by atoms with Crippen LogP contribution in [0.15, 0.2) is 59.5 Å². The maximum atomic E-state index is 13.9. The molecule has 0 unspecified atom stereocenters. The number of anilines is 2. The van der Waals surface area contributed by atoms with E-state index in [2.05, 4.69) is 31.7 Å². The molecule has 0 saturated carbocycles. The highest BCUT2D eigenvalue weighted by atomic mass is 35.5. The molecule has 2 fully saturated rings. The molecule has 286 valence electrons. The first kappa shape index (κ1) is 36.7. The zero-order chi connectivity index (χ0) is 38.8. The van der Waals surface area contributed by atoms with Crippen molar-refractivity contribution in [3.8, 4) is 28.3 Å². The number of carbonyl (C=O) groups is 1. The number of alkyl halides is 3. The number of hydrogen-bond donors (Lipinski definition) is 3. The van der Waals surface area contributed by atoms with Gasteiger partial charge in [0.1, 0.15) is 11.5 Å². The Bertz CT molecular complexity index is 2420. The molecule has 1 spiro atoms. The molecule has 3 N–H and O–H groups in total. The van der Waals surface area contributed by atoms with Crippen LogP contribution in [-0.2, 0) is 19.6 Å². The summed E-state index contributed by atoms with van der Waals surface area (Å²) in [6.07, 6.45) is -1.06. The number of ether oxygens (including phenoxy) is 1. The van der Waals surface area contributed by atoms with Crippen molar-refractivity contribution in [2.24, 2.45) is 7.05 Å². The van der Waals surface area contributed by atoms with Gasteiger partial charge in [-0.05, 0) is 61.1 Å². The molecule has 1 aliphatic carbocycles. The summed E-state index contributed by atoms with van der Waals surface area (Å²) >= 11 is 7.19. The number of rotatable bonds is 8. The van der Waals surface area contributed by atoms with Gasteiger partial charge < -0.3 is 25.4 Å². The number of fused-ring (bicyclic) bond motifs is 2. The van der Waals surface area contributed by atoms with E-state index in [4.69, 9.17) is 21.3 Å². The molecular formula is C39H38ClF3N8O4. The minimum absolute atomic E-state index is 0.0123. The van der Waals surface area contributed by atoms with E-state index in [1.807, 2.05) is 31.2 Å². The Morgan fingerprint density at radius 3 is 2.62 bits per heavy atom. The molecule has 8 rings (SSSR count). The number of carbonyl (C=O) groups excluding carboxylic acids is 1. The number of aliphatic hydroxyl groups excluding tert-OH is 1. The third-order valence-electron chi connectivity index (χ3n) is 11.0. The van der Waals surface area contributed by atoms with Crippen molar-refractivity contribution in [1.82, 2.24) is 34.9 Å². The lowest BCUT2D eigenvalue weighted by molar-refractivity contribution is -0.141. The lowest BCUT2D eigenvalue weighted by atomic mass is 9.96. The standard InChI is InChI=1S/C39H38ClF3N8O4/c1-21-24(6-5-9-27(21)45-34-32-23(18-44-49(2)36(32)53)17-30(47-34)39(41,42)43)25-7-4-8-26(33(25)40)28-16-22-10-11-29(31(22)35(46-28)55-3)50-13-12-38(19-50)20-51(14-15-52)37(54)48-38/h4-9,16-18,29,52H,10-15,19-20H2,1-3H3,(H,45,47)(H,48,54)/t29-,38+/m0/s1. The number of pyridine rings is 2. The molecule has 0 bridgehead atoms. The molecule has 2 aliphatic heterocycles. The minimum atomic E-state index is -4.75. The fraction of sp³-hybridized carbons (Fsp3) is 0.359. The smallest absolute Gasteiger partial charge is 0.433 e. The van der Waals surface area contributed by atoms with Crippen LogP contribution in [-0.4, -0.2) is 86.1 Å². The largest absolute Gasteiger partial charge is 0.481 e. The van der Waals surface area contributed by atoms with Gasteiger partial charge in [-0.25, -0.2) is 19.4 Å². The molecule has 16 heteroatoms. The van der Waals surface area contributed by atoms with Gasteiger partial charge in [0.15, 0.2) is 0 Å². The SMILES string of the molecule is COc1nc(-c2cccc(-c3cccc(Nc4nc(C(F)(F)F)cc5cnn(C)c(=O)c45)c3C)c2Cl)cc2c1[C@@H](N1CC[C@]3(CN(CCO)C(=O)N3)C1)CC2. The first-order chi connectivity index (χ1) is 26.3. The third kappa shape index (κ3) is 6.43. The minimum Gasteiger partial charge on any atom is -0.481 e. The van der Waals surface area contributed by atoms with Gasteiger partial charge in [-0.3, -0.25) is 9.69 Å². The highest BCUT2D eigenvalue weighted by Gasteiger charge is 2.49. The number of aliphatic hydroxyl groups is 1. The summed E-state index contributed by atoms with van der Waals surface area (Å²) in [5.41, 5.74) is 3.86. The van der Waals surface area contributed by atoms with Gasteiger partial charge in [-0.1, -0.05) is 41.9 Å². The second-order valence-corrected chi connectivity index (χ2v) is 14.8. The van der Waals surface area contributed by atoms with Crippen molar-refractivity contribution in [3.05, 3.63) is 92.5 Å². The Balaban J connectivity index is 1.11. The summed E-state index contributed by atoms with van der Waals surface area (Å²) in [5.74, 6) is 0.278. The summed E-state index contributed by atoms with van der Waals surface area (Å²) in [5, 5.41) is 19.9. The first-order valence-electron chi connectivity index (χ1n) is 17.9. The van der Waals surface area contributed by atoms with E-state index in [9.17, 15) is 27.9 Å². The number of nitrogens with one attached hydrogen (secondary N) is 2. The summed E-state index contributed by atoms with van der Waals surface area (Å²) in [6, 6.07) is 13.7. The zero-order valence-electron chi connectivity index (χ0n) is 30.3. The van der Waals surface area contributed by atoms with E-state index in [1.54, 1.807) is 24.1 Å². The Labute approximate surface area is 318 Å². The predicted octanol–water partition coefficient (Wildman–Crippen LogP) is 6.24. The van der Waals surface area contributed by atoms with Crippen molar-refractivity contribution in [2.45, 2.75) is 43.9 Å². The molecule has 55 heavy (non-hydrogen) atoms. The van der Waals surface area contributed by atoms with Crippen LogP contribution >= 0.6 is 11.6 Å². The fourth-order valence-corrected chi connectivity index (χ4v) is 8.67. The number of nitrogens with zero attached hydrogens (tertiary/aromatic N) is 6. The summed E-state index contributed by atoms with van der Waals surface area (Å²) < 4.78 is 48.6. The van der Waals surface area contributed by atoms with Gasteiger partial charge in [0.2, 0.25) is 5.88 Å². The van der Waals surface area contributed by atoms with Gasteiger partial charge in [0.25, 0.3) is 5.56 Å². The van der Waals surface area contributed by atoms with Crippen LogP contribution in [0.5, 0.6) is 5.88 Å². The average molecular weight is 775 g/mol. The lowest BCUT2D eigenvalue weighted by Gasteiger charge is -2.28. The molecular weight excluding hydrogens is 737 g/mol. The van der Waals surface area contributed by atoms with Gasteiger partial charge in [-0.2, -0.15) is 18.3 Å². The number of amides is 2. The van der Waals surface area contributed by atoms with Gasteiger partial charge in [0.05, 0.1) is 41.6 Å². The number of methoxy groups -OCH3 is 1. The van der Waals surface area contributed by atoms with Crippen LogP contribution < -0.4 is 20.9 Å². The molecule has 2 aromatic carbocycles. The molecule has 0 radical (unpaired) electrons. The van der Waals surface area contributed by atoms with Gasteiger partial charge in [-0.15, -0.1) is 0 Å². The number of benzene rings is 2. The number of hydrogen-bond acceptors (Lipinski definition) is 9. The number of aromatic nitrogens is 4. The molecule has 5 aromatic rings. The normalized spacial score (nSPS) is 19.7. The fourth-order valence-electron chi connectivity index (χ4n) is 8.34. The Morgan fingerprint density at radius 1 is 1.09 bits per heavy atom. The van der Waals surface area contributed by atoms with Crippen molar-refractivity contribution in [2.75, 3.05) is 45.2 Å². The van der Waals surface area contributed by atoms with E-state index >= 15 is 0 Å². The topological polar surface area (TPSA) is 138 Å². The van der Waals surface area contributed by atoms with Gasteiger partial charge >= 0.3 is 12.2 Å². The molecule has 12 nitrogen and oxygen atoms in total. The van der Waals surface area contributed by atoms with E-state index in [-0.39, 0.29) is 40.8 Å². The van der Waals surface area contributed by atoms with Crippen molar-refractivity contribution in [1.29, 1.82) is 0 Å². The molecule has 3 aliphatic rings. The number of urea groups is 1. The second kappa shape index (κ2) is 13.8. The molecule has 2 atom stereocenters. The van der Waals surface area contributed by atoms with Crippen LogP contribution in [0.25, 0.3) is 33.2 Å². The van der Waals surface area contributed by atoms with Crippen LogP contribution in [0.3, 0.4) is 0 Å². The van der Waals surface area contributed by atoms with Crippen LogP contribution in [0.4, 0.5) is 29.5 Å². The summed E-state index contributed by atoms with van der Waals surface area (Å²) in [4.78, 5) is 38.5. The predicted molar refractivity (Wildman–Crippen MR) is 202 cm³/mol. The number of likely N-dealkylation sites (tertiary alicyclic amines) is 1. The van der Waals surface area contributed by atoms with Crippen LogP contribution in [0.2, 0.25) is 5.02 Å². The lowest BCUT2D eigenvalue weighted by Crippen LogP contribution is -2.46. The number of aryl methyl sites for hydroxylation is 2. The monoisotopic (exact) mass is 774 g/mol. The highest BCUT2D eigenvalue weighted by Crippen LogP contribution is 2.47. The average Bonchev–Trinajstić information content (AvgIpc) is 3.86. The molecule has 3 aromatic heterocycles. The van der Waals surface area contributed by atoms with E-state index in [0.717, 1.165) is 53.2 Å². The van der Waals surface area contributed by atoms with Crippen molar-refractivity contribution in [3.63, 3.8) is 0 Å². The van der Waals surface area contributed by atoms with Gasteiger partial charge in [0, 0.05) is 67.0 Å². The maximum Gasteiger partial charge on any atom is 0.433 e. The zero-order valence-corrected chi connectivity index (χ0v) is 31.1. The highest BCUT2D eigenvalue weighted by molar-refractivity contribution is 6.36. The number of halogens is 4. The van der Waals surface area contributed by atoms with Crippen molar-refractivity contribution >= 4 is 39.9 Å². The Kier molecular flexibility index (Phi) is 9.21. The second-order valence-electron chi connectivity index (χ2n) is 14.4. The van der Waals surface area contributed by atoms with E-state index in [1.165, 1.54) is 13.2 Å². The Hall–Kier alpha value is -5.25. The van der Waals surface area contributed by atoms with E-state index < -0.39 is 17.4 Å². The van der Waals surface area contributed by atoms with Crippen LogP contribution in [0, 0.1) is 6.92 Å². The third-order valence-corrected chi connectivity index (χ3v) is 11.4. The summed E-state index contributed by atoms with van der Waals surface area (Å²) in [7, 11) is 3.02. The maximum absolute atomic E-state index is 13.9. The molecule has 5 heterocycles. The van der Waals surface area contributed by atoms with E-state index in [0.29, 0.717) is 58.6 Å². The summed E-state index contributed by atoms with van der Waals surface area (Å²) in [6.45, 7) is 4.09. The van der Waals surface area contributed by atoms with Crippen molar-refractivity contribution < 1.29 is 27.8 Å². The number of β-amino-alcohol motifs (C(OH)–C–C–N with tert-alkyl or cyclic N) is 1. The molecule has 2 amide bonds. The Morgan fingerprint density at radius 2 is 1.85 bits per heavy atom. The molecule has 2 saturated heterocycles. The quantitative estimate of drug-likeness (QED) is 0.167. The van der Waals surface area contributed by atoms with Crippen LogP contribution in [0.1, 0.15) is 41.3 Å². The first-order valence-corrected chi connectivity index (χ1v) is 18.3.